The number of H-pyrrole nitrogens is 1. The average Bonchev–Trinajstić information content (AvgIpc) is 1.69. The topological polar surface area (TPSA) is 27.0 Å². The summed E-state index contributed by atoms with van der Waals surface area (Å²) in [7, 11) is 0. The first-order valence-electron chi connectivity index (χ1n) is 1.87. The van der Waals surface area contributed by atoms with Crippen LogP contribution in [0, 0.1) is 0 Å². The zero-order valence-corrected chi connectivity index (χ0v) is 4.31. The maximum atomic E-state index is 5.47. The first-order chi connectivity index (χ1) is 3.39. The third-order valence-corrected chi connectivity index (χ3v) is 0.820. The molecule has 0 atom stereocenters. The average molecular weight is 116 g/mol. The minimum atomic E-state index is 0.676. The molecule has 0 aliphatic rings. The van der Waals surface area contributed by atoms with Crippen molar-refractivity contribution in [2.24, 2.45) is 0 Å². The van der Waals surface area contributed by atoms with E-state index in [0.717, 1.165) is 0 Å². The Bertz CT molecular complexity index is 140. The molecule has 1 N–H and O–H groups in total. The summed E-state index contributed by atoms with van der Waals surface area (Å²) in [6.07, 6.45) is 3.21. The van der Waals surface area contributed by atoms with Crippen LogP contribution in [0.5, 0.6) is 0 Å². The van der Waals surface area contributed by atoms with Gasteiger partial charge < -0.3 is 0 Å². The van der Waals surface area contributed by atoms with Gasteiger partial charge in [-0.15, -0.1) is 5.10 Å². The minimum Gasteiger partial charge on any atom is -0.105 e. The lowest BCUT2D eigenvalue weighted by atomic mass is 10.6. The summed E-state index contributed by atoms with van der Waals surface area (Å²) < 4.78 is 0. The van der Waals surface area contributed by atoms with Gasteiger partial charge in [0.1, 0.15) is 5.02 Å². The molecule has 0 aromatic carbocycles. The molecule has 0 fully saturated rings. The highest BCUT2D eigenvalue weighted by Gasteiger charge is 1.83. The van der Waals surface area contributed by atoms with Crippen molar-refractivity contribution in [2.75, 3.05) is 0 Å². The first-order valence-corrected chi connectivity index (χ1v) is 2.25. The Hall–Kier alpha value is -0.630. The quantitative estimate of drug-likeness (QED) is 0.485. The fourth-order valence-corrected chi connectivity index (χ4v) is 0.404. The summed E-state index contributed by atoms with van der Waals surface area (Å²) in [5, 5.41) is 6.89. The van der Waals surface area contributed by atoms with E-state index >= 15 is 0 Å². The normalized spacial score (nSPS) is 8.71. The second-order valence-electron chi connectivity index (χ2n) is 1.10. The van der Waals surface area contributed by atoms with Gasteiger partial charge in [0.05, 0.1) is 6.20 Å². The van der Waals surface area contributed by atoms with Gasteiger partial charge in [-0.1, -0.05) is 11.6 Å². The van der Waals surface area contributed by atoms with E-state index in [1.165, 1.54) is 0 Å². The van der Waals surface area contributed by atoms with Gasteiger partial charge in [0.25, 0.3) is 0 Å². The molecule has 1 rings (SSSR count). The van der Waals surface area contributed by atoms with Crippen LogP contribution in [0.1, 0.15) is 0 Å². The molecule has 1 aromatic heterocycles. The van der Waals surface area contributed by atoms with Crippen molar-refractivity contribution in [3.8, 4) is 0 Å². The standard InChI is InChI=1S/C4H3ClN2/c5-4-1-2-6-7-3-4/h1-3H/p+1. The molecule has 0 spiro atoms. The van der Waals surface area contributed by atoms with Gasteiger partial charge in [0, 0.05) is 0 Å². The monoisotopic (exact) mass is 115 g/mol. The number of hydrogen-bond donors (Lipinski definition) is 0. The Morgan fingerprint density at radius 3 is 2.86 bits per heavy atom. The van der Waals surface area contributed by atoms with Crippen LogP contribution in [0.3, 0.4) is 0 Å². The fourth-order valence-electron chi connectivity index (χ4n) is 0.299. The van der Waals surface area contributed by atoms with Gasteiger partial charge >= 0.3 is 0 Å². The lowest BCUT2D eigenvalue weighted by Gasteiger charge is -1.72. The van der Waals surface area contributed by atoms with E-state index in [1.807, 2.05) is 0 Å². The molecule has 7 heavy (non-hydrogen) atoms. The minimum absolute atomic E-state index is 0.676. The van der Waals surface area contributed by atoms with E-state index < -0.39 is 0 Å². The fraction of sp³-hybridized carbons (Fsp3) is 0. The molecule has 0 aliphatic carbocycles. The van der Waals surface area contributed by atoms with Crippen LogP contribution in [0.25, 0.3) is 0 Å². The van der Waals surface area contributed by atoms with E-state index in [0.29, 0.717) is 5.02 Å². The largest absolute Gasteiger partial charge is 0.212 e. The van der Waals surface area contributed by atoms with Gasteiger partial charge in [-0.2, -0.15) is 0 Å². The third kappa shape index (κ3) is 1.12. The molecule has 1 heterocycles. The molecule has 0 saturated carbocycles. The van der Waals surface area contributed by atoms with Gasteiger partial charge in [-0.3, -0.25) is 0 Å². The molecule has 1 aromatic rings. The Labute approximate surface area is 46.1 Å². The van der Waals surface area contributed by atoms with Crippen LogP contribution in [-0.4, -0.2) is 5.10 Å². The van der Waals surface area contributed by atoms with Crippen LogP contribution in [0.2, 0.25) is 5.02 Å². The first kappa shape index (κ1) is 4.53. The number of nitrogens with one attached hydrogen (secondary N) is 1. The second-order valence-corrected chi connectivity index (χ2v) is 1.54. The Morgan fingerprint density at radius 1 is 1.71 bits per heavy atom. The van der Waals surface area contributed by atoms with E-state index in [4.69, 9.17) is 11.6 Å². The number of halogens is 1. The van der Waals surface area contributed by atoms with Crippen molar-refractivity contribution in [3.05, 3.63) is 23.5 Å². The van der Waals surface area contributed by atoms with Crippen molar-refractivity contribution >= 4 is 11.6 Å². The molecule has 0 unspecified atom stereocenters. The number of hydrogen-bond acceptors (Lipinski definition) is 1. The van der Waals surface area contributed by atoms with Gasteiger partial charge in [-0.25, -0.2) is 0 Å². The Balaban J connectivity index is 3.02. The Kier molecular flexibility index (Phi) is 1.22. The van der Waals surface area contributed by atoms with Crippen molar-refractivity contribution in [1.82, 2.24) is 5.10 Å². The molecule has 0 aliphatic heterocycles. The highest BCUT2D eigenvalue weighted by molar-refractivity contribution is 6.30. The highest BCUT2D eigenvalue weighted by atomic mass is 35.5. The van der Waals surface area contributed by atoms with Crippen LogP contribution < -0.4 is 5.10 Å². The number of nitrogens with zero attached hydrogens (tertiary/aromatic N) is 1. The summed E-state index contributed by atoms with van der Waals surface area (Å²) in [6.45, 7) is 0. The SMILES string of the molecule is Clc1ccn[nH+]c1. The lowest BCUT2D eigenvalue weighted by Crippen LogP contribution is -2.03. The predicted octanol–water partition coefficient (Wildman–Crippen LogP) is 0.549. The molecular formula is C4H4ClN2+. The molecule has 0 bridgehead atoms. The van der Waals surface area contributed by atoms with Crippen LogP contribution in [0.15, 0.2) is 18.5 Å². The van der Waals surface area contributed by atoms with Gasteiger partial charge in [0.2, 0.25) is 6.20 Å². The number of aromatic amines is 1. The van der Waals surface area contributed by atoms with E-state index in [1.54, 1.807) is 18.5 Å². The summed E-state index contributed by atoms with van der Waals surface area (Å²) in [6, 6.07) is 1.71. The Morgan fingerprint density at radius 2 is 2.57 bits per heavy atom. The van der Waals surface area contributed by atoms with Crippen molar-refractivity contribution in [2.45, 2.75) is 0 Å². The maximum Gasteiger partial charge on any atom is 0.212 e. The summed E-state index contributed by atoms with van der Waals surface area (Å²) in [4.78, 5) is 0. The molecule has 0 amide bonds. The molecule has 0 radical (unpaired) electrons. The second kappa shape index (κ2) is 1.89. The van der Waals surface area contributed by atoms with Crippen LogP contribution in [0.4, 0.5) is 0 Å². The molecular weight excluding hydrogens is 112 g/mol. The molecule has 3 heteroatoms. The number of aromatic nitrogens is 2. The van der Waals surface area contributed by atoms with Gasteiger partial charge in [0.15, 0.2) is 0 Å². The van der Waals surface area contributed by atoms with Crippen molar-refractivity contribution < 1.29 is 5.10 Å². The van der Waals surface area contributed by atoms with Crippen molar-refractivity contribution in [3.63, 3.8) is 0 Å². The van der Waals surface area contributed by atoms with Crippen molar-refractivity contribution in [1.29, 1.82) is 0 Å². The molecule has 36 valence electrons. The summed E-state index contributed by atoms with van der Waals surface area (Å²) in [5.41, 5.74) is 0. The van der Waals surface area contributed by atoms with E-state index in [2.05, 4.69) is 10.2 Å². The molecule has 2 nitrogen and oxygen atoms in total. The molecule has 0 saturated heterocycles. The van der Waals surface area contributed by atoms with Crippen LogP contribution in [-0.2, 0) is 0 Å². The maximum absolute atomic E-state index is 5.47. The van der Waals surface area contributed by atoms with E-state index in [9.17, 15) is 0 Å². The lowest BCUT2D eigenvalue weighted by molar-refractivity contribution is -0.455. The zero-order chi connectivity index (χ0) is 5.11. The van der Waals surface area contributed by atoms with Gasteiger partial charge in [-0.05, 0) is 11.2 Å². The predicted molar refractivity (Wildman–Crippen MR) is 25.8 cm³/mol. The third-order valence-electron chi connectivity index (χ3n) is 0.585. The van der Waals surface area contributed by atoms with E-state index in [-0.39, 0.29) is 0 Å². The summed E-state index contributed by atoms with van der Waals surface area (Å²) in [5.74, 6) is 0. The summed E-state index contributed by atoms with van der Waals surface area (Å²) >= 11 is 5.47. The number of rotatable bonds is 0. The highest BCUT2D eigenvalue weighted by Crippen LogP contribution is 1.97. The smallest absolute Gasteiger partial charge is 0.105 e. The zero-order valence-electron chi connectivity index (χ0n) is 3.56. The van der Waals surface area contributed by atoms with Crippen LogP contribution >= 0.6 is 11.6 Å².